The minimum Gasteiger partial charge on any atom is -0.481 e. The van der Waals surface area contributed by atoms with Gasteiger partial charge in [0.25, 0.3) is 0 Å². The SMILES string of the molecule is CC(CC(=O)O)C1(c2ccccc2)SCCCS1. The summed E-state index contributed by atoms with van der Waals surface area (Å²) in [6, 6.07) is 10.4. The van der Waals surface area contributed by atoms with Crippen LogP contribution in [0.15, 0.2) is 30.3 Å². The van der Waals surface area contributed by atoms with E-state index in [4.69, 9.17) is 5.11 Å². The van der Waals surface area contributed by atoms with E-state index < -0.39 is 5.97 Å². The van der Waals surface area contributed by atoms with Gasteiger partial charge in [-0.2, -0.15) is 0 Å². The minimum absolute atomic E-state index is 0.0854. The van der Waals surface area contributed by atoms with Crippen molar-refractivity contribution in [3.8, 4) is 0 Å². The number of carboxylic acid groups (broad SMARTS) is 1. The molecule has 0 saturated carbocycles. The van der Waals surface area contributed by atoms with E-state index in [0.717, 1.165) is 11.5 Å². The largest absolute Gasteiger partial charge is 0.481 e. The maximum Gasteiger partial charge on any atom is 0.303 e. The molecular weight excluding hydrogens is 264 g/mol. The Labute approximate surface area is 117 Å². The number of benzene rings is 1. The van der Waals surface area contributed by atoms with Gasteiger partial charge in [-0.3, -0.25) is 4.79 Å². The number of hydrogen-bond acceptors (Lipinski definition) is 3. The lowest BCUT2D eigenvalue weighted by Crippen LogP contribution is -2.31. The van der Waals surface area contributed by atoms with Crippen LogP contribution in [0.4, 0.5) is 0 Å². The zero-order chi connectivity index (χ0) is 13.0. The molecule has 1 aromatic rings. The fourth-order valence-corrected chi connectivity index (χ4v) is 5.89. The normalized spacial score (nSPS) is 20.3. The summed E-state index contributed by atoms with van der Waals surface area (Å²) < 4.78 is -0.0854. The van der Waals surface area contributed by atoms with Crippen molar-refractivity contribution in [2.24, 2.45) is 5.92 Å². The molecule has 1 unspecified atom stereocenters. The molecule has 1 aliphatic heterocycles. The molecular formula is C14H18O2S2. The fraction of sp³-hybridized carbons (Fsp3) is 0.500. The van der Waals surface area contributed by atoms with Crippen LogP contribution >= 0.6 is 23.5 Å². The molecule has 0 spiro atoms. The number of aliphatic carboxylic acids is 1. The average Bonchev–Trinajstić information content (AvgIpc) is 2.40. The molecule has 98 valence electrons. The van der Waals surface area contributed by atoms with Crippen LogP contribution < -0.4 is 0 Å². The Morgan fingerprint density at radius 1 is 1.33 bits per heavy atom. The van der Waals surface area contributed by atoms with Crippen LogP contribution in [0.1, 0.15) is 25.3 Å². The van der Waals surface area contributed by atoms with Crippen molar-refractivity contribution in [3.05, 3.63) is 35.9 Å². The molecule has 1 aliphatic rings. The fourth-order valence-electron chi connectivity index (χ4n) is 2.35. The second kappa shape index (κ2) is 6.02. The molecule has 18 heavy (non-hydrogen) atoms. The smallest absolute Gasteiger partial charge is 0.303 e. The number of rotatable bonds is 4. The van der Waals surface area contributed by atoms with E-state index in [1.165, 1.54) is 12.0 Å². The molecule has 2 nitrogen and oxygen atoms in total. The van der Waals surface area contributed by atoms with Gasteiger partial charge in [0.2, 0.25) is 0 Å². The van der Waals surface area contributed by atoms with Crippen molar-refractivity contribution < 1.29 is 9.90 Å². The predicted molar refractivity (Wildman–Crippen MR) is 79.1 cm³/mol. The molecule has 1 aromatic carbocycles. The van der Waals surface area contributed by atoms with Gasteiger partial charge < -0.3 is 5.11 Å². The van der Waals surface area contributed by atoms with Crippen LogP contribution in [-0.4, -0.2) is 22.6 Å². The second-order valence-electron chi connectivity index (χ2n) is 4.58. The summed E-state index contributed by atoms with van der Waals surface area (Å²) in [6.07, 6.45) is 1.44. The Morgan fingerprint density at radius 2 is 1.94 bits per heavy atom. The topological polar surface area (TPSA) is 37.3 Å². The highest BCUT2D eigenvalue weighted by Crippen LogP contribution is 2.55. The van der Waals surface area contributed by atoms with Crippen molar-refractivity contribution in [2.45, 2.75) is 23.8 Å². The monoisotopic (exact) mass is 282 g/mol. The Kier molecular flexibility index (Phi) is 4.62. The van der Waals surface area contributed by atoms with Gasteiger partial charge in [0, 0.05) is 0 Å². The minimum atomic E-state index is -0.704. The van der Waals surface area contributed by atoms with Crippen LogP contribution in [0.5, 0.6) is 0 Å². The Balaban J connectivity index is 2.31. The summed E-state index contributed by atoms with van der Waals surface area (Å²) in [5, 5.41) is 9.06. The van der Waals surface area contributed by atoms with Gasteiger partial charge in [0.15, 0.2) is 0 Å². The van der Waals surface area contributed by atoms with Crippen molar-refractivity contribution in [1.29, 1.82) is 0 Å². The summed E-state index contributed by atoms with van der Waals surface area (Å²) in [7, 11) is 0. The lowest BCUT2D eigenvalue weighted by molar-refractivity contribution is -0.138. The standard InChI is InChI=1S/C14H18O2S2/c1-11(10-13(15)16)14(17-8-5-9-18-14)12-6-3-2-4-7-12/h2-4,6-7,11H,5,8-10H2,1H3,(H,15,16). The van der Waals surface area contributed by atoms with Crippen LogP contribution in [0, 0.1) is 5.92 Å². The maximum atomic E-state index is 11.0. The molecule has 2 rings (SSSR count). The van der Waals surface area contributed by atoms with E-state index in [2.05, 4.69) is 19.1 Å². The predicted octanol–water partition coefficient (Wildman–Crippen LogP) is 3.82. The van der Waals surface area contributed by atoms with Crippen LogP contribution in [-0.2, 0) is 8.87 Å². The van der Waals surface area contributed by atoms with Crippen LogP contribution in [0.25, 0.3) is 0 Å². The molecule has 4 heteroatoms. The molecule has 0 aliphatic carbocycles. The number of carbonyl (C=O) groups is 1. The van der Waals surface area contributed by atoms with E-state index in [-0.39, 0.29) is 16.4 Å². The van der Waals surface area contributed by atoms with E-state index in [1.807, 2.05) is 41.7 Å². The van der Waals surface area contributed by atoms with Crippen LogP contribution in [0.2, 0.25) is 0 Å². The van der Waals surface area contributed by atoms with Crippen molar-refractivity contribution in [2.75, 3.05) is 11.5 Å². The first kappa shape index (κ1) is 13.8. The lowest BCUT2D eigenvalue weighted by atomic mass is 9.96. The highest BCUT2D eigenvalue weighted by atomic mass is 32.2. The van der Waals surface area contributed by atoms with E-state index in [9.17, 15) is 4.79 Å². The molecule has 1 N–H and O–H groups in total. The highest BCUT2D eigenvalue weighted by molar-refractivity contribution is 8.18. The molecule has 0 amide bonds. The van der Waals surface area contributed by atoms with E-state index in [1.54, 1.807) is 0 Å². The molecule has 1 heterocycles. The first-order valence-electron chi connectivity index (χ1n) is 6.20. The second-order valence-corrected chi connectivity index (χ2v) is 7.52. The number of thioether (sulfide) groups is 2. The molecule has 0 radical (unpaired) electrons. The third kappa shape index (κ3) is 2.86. The van der Waals surface area contributed by atoms with Gasteiger partial charge in [-0.15, -0.1) is 23.5 Å². The molecule has 0 aromatic heterocycles. The molecule has 1 atom stereocenters. The number of hydrogen-bond donors (Lipinski definition) is 1. The lowest BCUT2D eigenvalue weighted by Gasteiger charge is -2.41. The number of carboxylic acids is 1. The summed E-state index contributed by atoms with van der Waals surface area (Å²) >= 11 is 3.83. The zero-order valence-electron chi connectivity index (χ0n) is 10.5. The first-order chi connectivity index (χ1) is 8.65. The molecule has 0 bridgehead atoms. The molecule has 1 saturated heterocycles. The van der Waals surface area contributed by atoms with Crippen molar-refractivity contribution in [3.63, 3.8) is 0 Å². The zero-order valence-corrected chi connectivity index (χ0v) is 12.1. The Morgan fingerprint density at radius 3 is 2.50 bits per heavy atom. The van der Waals surface area contributed by atoms with Gasteiger partial charge in [0.1, 0.15) is 0 Å². The first-order valence-corrected chi connectivity index (χ1v) is 8.17. The van der Waals surface area contributed by atoms with E-state index >= 15 is 0 Å². The van der Waals surface area contributed by atoms with Gasteiger partial charge in [-0.25, -0.2) is 0 Å². The van der Waals surface area contributed by atoms with Crippen LogP contribution in [0.3, 0.4) is 0 Å². The van der Waals surface area contributed by atoms with Gasteiger partial charge in [0.05, 0.1) is 10.5 Å². The third-order valence-corrected chi connectivity index (χ3v) is 7.05. The highest BCUT2D eigenvalue weighted by Gasteiger charge is 2.41. The van der Waals surface area contributed by atoms with Gasteiger partial charge in [-0.05, 0) is 29.4 Å². The molecule has 1 fully saturated rings. The quantitative estimate of drug-likeness (QED) is 0.911. The van der Waals surface area contributed by atoms with Crippen molar-refractivity contribution >= 4 is 29.5 Å². The summed E-state index contributed by atoms with van der Waals surface area (Å²) in [4.78, 5) is 11.0. The van der Waals surface area contributed by atoms with Gasteiger partial charge in [-0.1, -0.05) is 37.3 Å². The maximum absolute atomic E-state index is 11.0. The van der Waals surface area contributed by atoms with Gasteiger partial charge >= 0.3 is 5.97 Å². The Hall–Kier alpha value is -0.610. The van der Waals surface area contributed by atoms with E-state index in [0.29, 0.717) is 0 Å². The third-order valence-electron chi connectivity index (χ3n) is 3.23. The summed E-state index contributed by atoms with van der Waals surface area (Å²) in [5.41, 5.74) is 1.26. The summed E-state index contributed by atoms with van der Waals surface area (Å²) in [6.45, 7) is 2.06. The Bertz CT molecular complexity index is 400. The average molecular weight is 282 g/mol. The summed E-state index contributed by atoms with van der Waals surface area (Å²) in [5.74, 6) is 1.66. The van der Waals surface area contributed by atoms with Crippen molar-refractivity contribution in [1.82, 2.24) is 0 Å².